The number of hydrogen-bond acceptors (Lipinski definition) is 3. The van der Waals surface area contributed by atoms with E-state index in [1.165, 1.54) is 99.6 Å². The number of benzene rings is 10. The molecule has 0 saturated heterocycles. The quantitative estimate of drug-likeness (QED) is 0.172. The van der Waals surface area contributed by atoms with Gasteiger partial charge in [0, 0.05) is 66.0 Å². The third-order valence-electron chi connectivity index (χ3n) is 17.3. The smallest absolute Gasteiger partial charge is 0.144 e. The van der Waals surface area contributed by atoms with Crippen LogP contribution in [0.3, 0.4) is 0 Å². The second-order valence-electron chi connectivity index (χ2n) is 22.4. The van der Waals surface area contributed by atoms with Gasteiger partial charge in [0.05, 0.1) is 0 Å². The highest BCUT2D eigenvalue weighted by Crippen LogP contribution is 2.64. The molecule has 3 aliphatic carbocycles. The molecule has 350 valence electrons. The first-order valence-electron chi connectivity index (χ1n) is 25.8. The lowest BCUT2D eigenvalue weighted by molar-refractivity contribution is 0.600. The molecule has 2 aromatic heterocycles. The van der Waals surface area contributed by atoms with E-state index in [4.69, 9.17) is 8.83 Å². The van der Waals surface area contributed by atoms with Gasteiger partial charge in [0.25, 0.3) is 0 Å². The van der Waals surface area contributed by atoms with Gasteiger partial charge in [-0.2, -0.15) is 0 Å². The zero-order chi connectivity index (χ0) is 49.3. The van der Waals surface area contributed by atoms with Gasteiger partial charge in [-0.1, -0.05) is 187 Å². The van der Waals surface area contributed by atoms with Gasteiger partial charge in [-0.25, -0.2) is 0 Å². The summed E-state index contributed by atoms with van der Waals surface area (Å²) in [6.07, 6.45) is 0. The van der Waals surface area contributed by atoms with E-state index in [2.05, 4.69) is 247 Å². The Morgan fingerprint density at radius 2 is 0.836 bits per heavy atom. The number of nitrogens with zero attached hydrogens (tertiary/aromatic N) is 1. The lowest BCUT2D eigenvalue weighted by Gasteiger charge is -2.32. The molecule has 0 unspecified atom stereocenters. The lowest BCUT2D eigenvalue weighted by atomic mass is 9.72. The minimum atomic E-state index is -0.352. The summed E-state index contributed by atoms with van der Waals surface area (Å²) in [5.41, 5.74) is 27.9. The van der Waals surface area contributed by atoms with E-state index in [9.17, 15) is 0 Å². The molecular weight excluding hydrogens is 887 g/mol. The Morgan fingerprint density at radius 3 is 1.52 bits per heavy atom. The predicted octanol–water partition coefficient (Wildman–Crippen LogP) is 19.5. The van der Waals surface area contributed by atoms with Crippen LogP contribution in [0.15, 0.2) is 203 Å². The Hall–Kier alpha value is -8.40. The molecule has 0 spiro atoms. The zero-order valence-electron chi connectivity index (χ0n) is 42.2. The third-order valence-corrected chi connectivity index (χ3v) is 17.3. The fourth-order valence-corrected chi connectivity index (χ4v) is 13.7. The topological polar surface area (TPSA) is 29.5 Å². The summed E-state index contributed by atoms with van der Waals surface area (Å²) < 4.78 is 13.9. The molecule has 3 nitrogen and oxygen atoms in total. The van der Waals surface area contributed by atoms with Crippen LogP contribution in [0.1, 0.15) is 80.5 Å². The maximum absolute atomic E-state index is 7.07. The van der Waals surface area contributed by atoms with Crippen LogP contribution in [0.5, 0.6) is 0 Å². The molecule has 3 heteroatoms. The predicted molar refractivity (Wildman–Crippen MR) is 304 cm³/mol. The Bertz CT molecular complexity index is 4330. The van der Waals surface area contributed by atoms with Crippen LogP contribution in [-0.2, 0) is 16.2 Å². The normalized spacial score (nSPS) is 15.1. The van der Waals surface area contributed by atoms with Gasteiger partial charge < -0.3 is 13.7 Å². The number of hydrogen-bond donors (Lipinski definition) is 0. The van der Waals surface area contributed by atoms with Crippen LogP contribution in [0.4, 0.5) is 17.1 Å². The number of aryl methyl sites for hydroxylation is 1. The summed E-state index contributed by atoms with van der Waals surface area (Å²) in [6.45, 7) is 16.7. The Morgan fingerprint density at radius 1 is 0.342 bits per heavy atom. The van der Waals surface area contributed by atoms with Crippen LogP contribution in [0.2, 0.25) is 0 Å². The standard InChI is InChI=1S/C70H53NO2/c1-40-25-27-43(28-26-40)52-39-56-59(61-50-20-12-15-23-57(50)72-66(52)61)48-35-33-45(37-54(48)68(56,2)3)71(44-31-29-42(30-32-44)41-17-9-8-10-18-41)46-34-36-49-55(38-46)70(6,7)65-63(49)67-62(51-21-13-16-24-58(51)73-67)60-47-19-11-14-22-53(47)69(4,5)64(60)65/h8-39H,1-7H3. The highest BCUT2D eigenvalue weighted by molar-refractivity contribution is 6.21. The molecule has 0 radical (unpaired) electrons. The van der Waals surface area contributed by atoms with Crippen LogP contribution in [0.25, 0.3) is 99.5 Å². The van der Waals surface area contributed by atoms with Crippen LogP contribution in [-0.4, -0.2) is 0 Å². The highest BCUT2D eigenvalue weighted by atomic mass is 16.3. The van der Waals surface area contributed by atoms with Crippen molar-refractivity contribution in [3.05, 3.63) is 233 Å². The molecule has 73 heavy (non-hydrogen) atoms. The maximum atomic E-state index is 7.07. The van der Waals surface area contributed by atoms with Gasteiger partial charge in [0.2, 0.25) is 0 Å². The van der Waals surface area contributed by atoms with Crippen molar-refractivity contribution in [1.82, 2.24) is 0 Å². The Balaban J connectivity index is 0.947. The first-order chi connectivity index (χ1) is 35.4. The van der Waals surface area contributed by atoms with E-state index in [1.807, 2.05) is 0 Å². The number of furan rings is 2. The lowest BCUT2D eigenvalue weighted by Crippen LogP contribution is -2.24. The van der Waals surface area contributed by atoms with Gasteiger partial charge in [-0.05, 0) is 139 Å². The molecule has 3 aliphatic rings. The SMILES string of the molecule is Cc1ccc(-c2cc3c(c4c2oc2ccccc24)-c2ccc(N(c4ccc(-c5ccccc5)cc4)c4ccc5c(c4)C(C)(C)c4c6c(c7c(oc8ccccc87)c4-5)-c4ccccc4C6(C)C)cc2C3(C)C)cc1. The van der Waals surface area contributed by atoms with Gasteiger partial charge in [0.15, 0.2) is 0 Å². The minimum Gasteiger partial charge on any atom is -0.455 e. The van der Waals surface area contributed by atoms with Gasteiger partial charge >= 0.3 is 0 Å². The minimum absolute atomic E-state index is 0.221. The van der Waals surface area contributed by atoms with Crippen molar-refractivity contribution in [3.63, 3.8) is 0 Å². The summed E-state index contributed by atoms with van der Waals surface area (Å²) >= 11 is 0. The molecule has 0 aliphatic heterocycles. The average molecular weight is 940 g/mol. The van der Waals surface area contributed by atoms with E-state index in [0.29, 0.717) is 0 Å². The van der Waals surface area contributed by atoms with Crippen molar-refractivity contribution >= 4 is 60.9 Å². The summed E-state index contributed by atoms with van der Waals surface area (Å²) in [5.74, 6) is 0. The molecule has 0 amide bonds. The van der Waals surface area contributed by atoms with E-state index in [1.54, 1.807) is 0 Å². The first kappa shape index (κ1) is 42.3. The molecule has 12 aromatic rings. The second-order valence-corrected chi connectivity index (χ2v) is 22.4. The summed E-state index contributed by atoms with van der Waals surface area (Å²) in [7, 11) is 0. The number of anilines is 3. The zero-order valence-corrected chi connectivity index (χ0v) is 42.2. The molecule has 0 saturated carbocycles. The molecule has 15 rings (SSSR count). The Kier molecular flexibility index (Phi) is 8.47. The van der Waals surface area contributed by atoms with E-state index >= 15 is 0 Å². The third kappa shape index (κ3) is 5.65. The van der Waals surface area contributed by atoms with Crippen molar-refractivity contribution in [3.8, 4) is 55.6 Å². The van der Waals surface area contributed by atoms with Crippen molar-refractivity contribution in [2.75, 3.05) is 4.90 Å². The average Bonchev–Trinajstić information content (AvgIpc) is 4.18. The fourth-order valence-electron chi connectivity index (χ4n) is 13.7. The van der Waals surface area contributed by atoms with Crippen molar-refractivity contribution in [2.24, 2.45) is 0 Å². The van der Waals surface area contributed by atoms with E-state index in [0.717, 1.165) is 55.9 Å². The first-order valence-corrected chi connectivity index (χ1v) is 25.8. The van der Waals surface area contributed by atoms with Gasteiger partial charge in [0.1, 0.15) is 22.3 Å². The molecule has 0 atom stereocenters. The highest BCUT2D eigenvalue weighted by Gasteiger charge is 2.49. The summed E-state index contributed by atoms with van der Waals surface area (Å²) in [5, 5.41) is 4.74. The Labute approximate surface area is 426 Å². The number of para-hydroxylation sites is 2. The largest absolute Gasteiger partial charge is 0.455 e. The van der Waals surface area contributed by atoms with Crippen LogP contribution >= 0.6 is 0 Å². The molecule has 0 fully saturated rings. The van der Waals surface area contributed by atoms with Crippen LogP contribution < -0.4 is 4.90 Å². The molecular formula is C70H53NO2. The second kappa shape index (κ2) is 14.6. The fraction of sp³-hybridized carbons (Fsp3) is 0.143. The number of rotatable bonds is 5. The van der Waals surface area contributed by atoms with Gasteiger partial charge in [-0.3, -0.25) is 0 Å². The van der Waals surface area contributed by atoms with Crippen molar-refractivity contribution in [1.29, 1.82) is 0 Å². The van der Waals surface area contributed by atoms with Crippen LogP contribution in [0, 0.1) is 6.92 Å². The molecule has 0 bridgehead atoms. The van der Waals surface area contributed by atoms with E-state index < -0.39 is 0 Å². The van der Waals surface area contributed by atoms with Gasteiger partial charge in [-0.15, -0.1) is 0 Å². The van der Waals surface area contributed by atoms with E-state index in [-0.39, 0.29) is 16.2 Å². The summed E-state index contributed by atoms with van der Waals surface area (Å²) in [6, 6.07) is 71.7. The molecule has 0 N–H and O–H groups in total. The monoisotopic (exact) mass is 939 g/mol. The maximum Gasteiger partial charge on any atom is 0.144 e. The number of fused-ring (bicyclic) bond motifs is 19. The summed E-state index contributed by atoms with van der Waals surface area (Å²) in [4.78, 5) is 2.48. The molecule has 2 heterocycles. The molecule has 10 aromatic carbocycles. The van der Waals surface area contributed by atoms with Crippen molar-refractivity contribution < 1.29 is 8.83 Å². The van der Waals surface area contributed by atoms with Crippen molar-refractivity contribution in [2.45, 2.75) is 64.7 Å².